The highest BCUT2D eigenvalue weighted by molar-refractivity contribution is 6.13. The molecule has 12 nitrogen and oxygen atoms in total. The highest BCUT2D eigenvalue weighted by atomic mass is 35.5. The Kier molecular flexibility index (Phi) is 10.3. The minimum Gasteiger partial charge on any atom is -0.465 e. The molecule has 1 saturated heterocycles. The van der Waals surface area contributed by atoms with Gasteiger partial charge < -0.3 is 9.30 Å². The minimum absolute atomic E-state index is 0. The van der Waals surface area contributed by atoms with Crippen molar-refractivity contribution < 1.29 is 19.1 Å². The molecule has 4 rings (SSSR count). The summed E-state index contributed by atoms with van der Waals surface area (Å²) in [5.41, 5.74) is 2.35. The number of methoxy groups -OCH3 is 1. The monoisotopic (exact) mass is 556 g/mol. The van der Waals surface area contributed by atoms with Crippen LogP contribution in [0.1, 0.15) is 72.8 Å². The van der Waals surface area contributed by atoms with Gasteiger partial charge in [0, 0.05) is 19.5 Å². The lowest BCUT2D eigenvalue weighted by Crippen LogP contribution is -2.33. The van der Waals surface area contributed by atoms with Gasteiger partial charge in [-0.05, 0) is 36.6 Å². The second-order valence-corrected chi connectivity index (χ2v) is 9.01. The Hall–Kier alpha value is -4.06. The number of nitrogens with zero attached hydrogens (tertiary/aromatic N) is 7. The highest BCUT2D eigenvalue weighted by Crippen LogP contribution is 2.26. The third kappa shape index (κ3) is 6.69. The standard InChI is InChI=1S/C26H32N8O4.ClH/c1-4-6-8-23-27-15-20(33(23)16-18-9-11-19(12-10-18)25(36)38-3)14-21-24(35)32(13-7-5-2)26(37)34(21)17-22-28-30-31-29-22;/h9-12,14-15H,4-8,13,16-17H2,1-3H3,(H,28,29,30,31);1H. The number of carbonyl (C=O) groups excluding carboxylic acids is 3. The van der Waals surface area contributed by atoms with Gasteiger partial charge >= 0.3 is 12.0 Å². The molecule has 0 bridgehead atoms. The fourth-order valence-electron chi connectivity index (χ4n) is 4.23. The number of amides is 3. The Morgan fingerprint density at radius 2 is 1.79 bits per heavy atom. The first kappa shape index (κ1) is 29.5. The van der Waals surface area contributed by atoms with Crippen molar-refractivity contribution >= 4 is 36.4 Å². The van der Waals surface area contributed by atoms with E-state index in [0.29, 0.717) is 36.6 Å². The zero-order chi connectivity index (χ0) is 27.1. The molecule has 0 unspecified atom stereocenters. The number of hydrogen-bond acceptors (Lipinski definition) is 8. The molecule has 1 aliphatic rings. The van der Waals surface area contributed by atoms with Gasteiger partial charge in [0.2, 0.25) is 0 Å². The van der Waals surface area contributed by atoms with E-state index in [1.165, 1.54) is 16.9 Å². The Labute approximate surface area is 232 Å². The van der Waals surface area contributed by atoms with Crippen molar-refractivity contribution in [3.05, 3.63) is 64.6 Å². The van der Waals surface area contributed by atoms with E-state index < -0.39 is 12.0 Å². The number of ether oxygens (including phenoxy) is 1. The van der Waals surface area contributed by atoms with Crippen LogP contribution in [0, 0.1) is 0 Å². The lowest BCUT2D eigenvalue weighted by Gasteiger charge is -2.15. The molecule has 0 spiro atoms. The summed E-state index contributed by atoms with van der Waals surface area (Å²) in [5.74, 6) is 0.418. The minimum atomic E-state index is -0.407. The number of H-pyrrole nitrogens is 1. The number of urea groups is 1. The number of unbranched alkanes of at least 4 members (excludes halogenated alkanes) is 2. The van der Waals surface area contributed by atoms with Crippen LogP contribution in [-0.2, 0) is 29.0 Å². The second-order valence-electron chi connectivity index (χ2n) is 9.01. The lowest BCUT2D eigenvalue weighted by molar-refractivity contribution is -0.123. The van der Waals surface area contributed by atoms with E-state index in [9.17, 15) is 14.4 Å². The fourth-order valence-corrected chi connectivity index (χ4v) is 4.23. The number of aromatic nitrogens is 6. The molecule has 3 aromatic rings. The highest BCUT2D eigenvalue weighted by Gasteiger charge is 2.41. The van der Waals surface area contributed by atoms with E-state index in [-0.39, 0.29) is 30.6 Å². The first-order valence-corrected chi connectivity index (χ1v) is 12.8. The molecule has 208 valence electrons. The number of esters is 1. The van der Waals surface area contributed by atoms with E-state index >= 15 is 0 Å². The van der Waals surface area contributed by atoms with Crippen molar-refractivity contribution in [2.45, 2.75) is 59.0 Å². The van der Waals surface area contributed by atoms with E-state index in [0.717, 1.165) is 37.1 Å². The van der Waals surface area contributed by atoms with Crippen LogP contribution in [0.3, 0.4) is 0 Å². The number of nitrogens with one attached hydrogen (secondary N) is 1. The van der Waals surface area contributed by atoms with Gasteiger partial charge in [-0.1, -0.05) is 44.0 Å². The number of imidazole rings is 1. The number of rotatable bonds is 12. The third-order valence-electron chi connectivity index (χ3n) is 6.36. The number of carbonyl (C=O) groups is 3. The molecule has 0 atom stereocenters. The quantitative estimate of drug-likeness (QED) is 0.203. The lowest BCUT2D eigenvalue weighted by atomic mass is 10.1. The predicted molar refractivity (Wildman–Crippen MR) is 145 cm³/mol. The Morgan fingerprint density at radius 1 is 1.05 bits per heavy atom. The summed E-state index contributed by atoms with van der Waals surface area (Å²) >= 11 is 0. The largest absolute Gasteiger partial charge is 0.465 e. The summed E-state index contributed by atoms with van der Waals surface area (Å²) in [6, 6.07) is 6.77. The van der Waals surface area contributed by atoms with Crippen molar-refractivity contribution in [1.29, 1.82) is 0 Å². The second kappa shape index (κ2) is 13.7. The maximum absolute atomic E-state index is 13.4. The maximum Gasteiger partial charge on any atom is 0.337 e. The average Bonchev–Trinajstić information content (AvgIpc) is 3.63. The molecule has 13 heteroatoms. The molecule has 1 N–H and O–H groups in total. The smallest absolute Gasteiger partial charge is 0.337 e. The van der Waals surface area contributed by atoms with Gasteiger partial charge in [0.15, 0.2) is 5.82 Å². The molecule has 1 fully saturated rings. The molecule has 3 heterocycles. The van der Waals surface area contributed by atoms with Crippen LogP contribution in [0.2, 0.25) is 0 Å². The summed E-state index contributed by atoms with van der Waals surface area (Å²) in [6.07, 6.45) is 7.72. The van der Waals surface area contributed by atoms with Crippen LogP contribution in [-0.4, -0.2) is 71.5 Å². The topological polar surface area (TPSA) is 139 Å². The van der Waals surface area contributed by atoms with Crippen LogP contribution < -0.4 is 0 Å². The number of halogens is 1. The maximum atomic E-state index is 13.4. The number of aromatic amines is 1. The van der Waals surface area contributed by atoms with Crippen molar-refractivity contribution in [2.75, 3.05) is 13.7 Å². The van der Waals surface area contributed by atoms with Crippen LogP contribution in [0.25, 0.3) is 6.08 Å². The van der Waals surface area contributed by atoms with Gasteiger partial charge in [0.1, 0.15) is 11.5 Å². The molecule has 3 amide bonds. The molecule has 39 heavy (non-hydrogen) atoms. The Morgan fingerprint density at radius 3 is 2.44 bits per heavy atom. The number of aryl methyl sites for hydroxylation is 1. The number of benzene rings is 1. The van der Waals surface area contributed by atoms with Crippen molar-refractivity contribution in [1.82, 2.24) is 40.0 Å². The van der Waals surface area contributed by atoms with Gasteiger partial charge in [-0.2, -0.15) is 5.21 Å². The first-order valence-electron chi connectivity index (χ1n) is 12.8. The van der Waals surface area contributed by atoms with E-state index in [1.807, 2.05) is 23.6 Å². The molecule has 0 saturated carbocycles. The van der Waals surface area contributed by atoms with Crippen molar-refractivity contribution in [2.24, 2.45) is 0 Å². The predicted octanol–water partition coefficient (Wildman–Crippen LogP) is 3.60. The molecule has 1 aromatic carbocycles. The summed E-state index contributed by atoms with van der Waals surface area (Å²) in [4.78, 5) is 45.7. The van der Waals surface area contributed by atoms with Gasteiger partial charge in [0.05, 0.1) is 31.1 Å². The molecule has 0 radical (unpaired) electrons. The third-order valence-corrected chi connectivity index (χ3v) is 6.36. The van der Waals surface area contributed by atoms with Gasteiger partial charge in [-0.15, -0.1) is 22.6 Å². The first-order chi connectivity index (χ1) is 18.5. The number of tetrazole rings is 1. The number of hydrogen-bond donors (Lipinski definition) is 1. The zero-order valence-electron chi connectivity index (χ0n) is 22.3. The van der Waals surface area contributed by atoms with Crippen molar-refractivity contribution in [3.8, 4) is 0 Å². The molecule has 0 aliphatic carbocycles. The summed E-state index contributed by atoms with van der Waals surface area (Å²) in [7, 11) is 1.35. The molecular formula is C26H33ClN8O4. The summed E-state index contributed by atoms with van der Waals surface area (Å²) in [6.45, 7) is 4.95. The van der Waals surface area contributed by atoms with Crippen LogP contribution in [0.4, 0.5) is 4.79 Å². The van der Waals surface area contributed by atoms with E-state index in [2.05, 4.69) is 32.5 Å². The molecule has 2 aromatic heterocycles. The van der Waals surface area contributed by atoms with E-state index in [4.69, 9.17) is 4.74 Å². The Bertz CT molecular complexity index is 1300. The normalized spacial score (nSPS) is 14.3. The van der Waals surface area contributed by atoms with Crippen molar-refractivity contribution in [3.63, 3.8) is 0 Å². The van der Waals surface area contributed by atoms with Crippen LogP contribution in [0.15, 0.2) is 36.2 Å². The summed E-state index contributed by atoms with van der Waals surface area (Å²) < 4.78 is 6.83. The van der Waals surface area contributed by atoms with Crippen LogP contribution >= 0.6 is 12.4 Å². The van der Waals surface area contributed by atoms with Gasteiger partial charge in [0.25, 0.3) is 5.91 Å². The van der Waals surface area contributed by atoms with Gasteiger partial charge in [-0.3, -0.25) is 14.6 Å². The Balaban J connectivity index is 0.00000420. The SMILES string of the molecule is CCCCc1ncc(C=C2C(=O)N(CCCC)C(=O)N2Cc2nn[nH]n2)n1Cc1ccc(C(=O)OC)cc1.Cl. The van der Waals surface area contributed by atoms with Gasteiger partial charge in [-0.25, -0.2) is 14.6 Å². The van der Waals surface area contributed by atoms with E-state index in [1.54, 1.807) is 24.4 Å². The van der Waals surface area contributed by atoms with Crippen LogP contribution in [0.5, 0.6) is 0 Å². The number of imide groups is 1. The zero-order valence-corrected chi connectivity index (χ0v) is 23.1. The average molecular weight is 557 g/mol. The molecule has 1 aliphatic heterocycles. The fraction of sp³-hybridized carbons (Fsp3) is 0.423. The molecular weight excluding hydrogens is 524 g/mol. The summed E-state index contributed by atoms with van der Waals surface area (Å²) in [5, 5.41) is 13.9.